The van der Waals surface area contributed by atoms with E-state index in [9.17, 15) is 4.79 Å². The van der Waals surface area contributed by atoms with Crippen LogP contribution in [0.25, 0.3) is 11.4 Å². The number of ketones is 1. The summed E-state index contributed by atoms with van der Waals surface area (Å²) in [6, 6.07) is 12.8. The quantitative estimate of drug-likeness (QED) is 0.443. The lowest BCUT2D eigenvalue weighted by Gasteiger charge is -2.05. The van der Waals surface area contributed by atoms with Crippen LogP contribution in [-0.2, 0) is 0 Å². The molecule has 6 nitrogen and oxygen atoms in total. The smallest absolute Gasteiger partial charge is 0.209 e. The van der Waals surface area contributed by atoms with E-state index in [1.807, 2.05) is 24.3 Å². The molecule has 0 aliphatic carbocycles. The molecule has 3 rings (SSSR count). The van der Waals surface area contributed by atoms with E-state index in [1.165, 1.54) is 11.8 Å². The number of rotatable bonds is 7. The monoisotopic (exact) mass is 433 g/mol. The number of nitrogens with zero attached hydrogens (tertiary/aromatic N) is 2. The minimum Gasteiger partial charge on any atom is -0.496 e. The molecule has 0 aliphatic rings. The Morgan fingerprint density at radius 3 is 2.65 bits per heavy atom. The van der Waals surface area contributed by atoms with Crippen LogP contribution in [0.5, 0.6) is 11.5 Å². The van der Waals surface area contributed by atoms with E-state index in [1.54, 1.807) is 32.4 Å². The van der Waals surface area contributed by atoms with Crippen LogP contribution in [0.1, 0.15) is 10.4 Å². The number of carbonyl (C=O) groups is 1. The van der Waals surface area contributed by atoms with Gasteiger partial charge in [-0.1, -0.05) is 23.9 Å². The second kappa shape index (κ2) is 8.37. The van der Waals surface area contributed by atoms with Crippen molar-refractivity contribution in [3.05, 3.63) is 52.5 Å². The van der Waals surface area contributed by atoms with Gasteiger partial charge in [-0.25, -0.2) is 4.98 Å². The number of para-hydroxylation sites is 1. The fourth-order valence-electron chi connectivity index (χ4n) is 2.32. The highest BCUT2D eigenvalue weighted by atomic mass is 79.9. The molecule has 26 heavy (non-hydrogen) atoms. The van der Waals surface area contributed by atoms with Gasteiger partial charge < -0.3 is 9.47 Å². The maximum Gasteiger partial charge on any atom is 0.209 e. The van der Waals surface area contributed by atoms with E-state index in [0.717, 1.165) is 10.0 Å². The molecule has 1 aromatic heterocycles. The van der Waals surface area contributed by atoms with Gasteiger partial charge in [-0.05, 0) is 46.3 Å². The van der Waals surface area contributed by atoms with Crippen LogP contribution in [0.15, 0.2) is 52.1 Å². The Morgan fingerprint density at radius 2 is 1.92 bits per heavy atom. The van der Waals surface area contributed by atoms with Crippen molar-refractivity contribution in [2.45, 2.75) is 5.16 Å². The first kappa shape index (κ1) is 18.5. The van der Waals surface area contributed by atoms with Crippen molar-refractivity contribution in [1.29, 1.82) is 0 Å². The van der Waals surface area contributed by atoms with Crippen LogP contribution in [0.2, 0.25) is 0 Å². The molecular formula is C18H16BrN3O3S. The summed E-state index contributed by atoms with van der Waals surface area (Å²) in [5.74, 6) is 2.22. The average Bonchev–Trinajstić information content (AvgIpc) is 3.14. The number of hydrogen-bond donors (Lipinski definition) is 1. The zero-order valence-corrected chi connectivity index (χ0v) is 16.6. The Bertz CT molecular complexity index is 930. The maximum absolute atomic E-state index is 12.4. The van der Waals surface area contributed by atoms with Gasteiger partial charge in [0, 0.05) is 5.56 Å². The van der Waals surface area contributed by atoms with E-state index < -0.39 is 0 Å². The van der Waals surface area contributed by atoms with E-state index in [4.69, 9.17) is 9.47 Å². The zero-order valence-electron chi connectivity index (χ0n) is 14.2. The number of carbonyl (C=O) groups excluding carboxylic acids is 1. The molecule has 3 aromatic rings. The van der Waals surface area contributed by atoms with E-state index in [2.05, 4.69) is 31.1 Å². The van der Waals surface area contributed by atoms with Crippen molar-refractivity contribution >= 4 is 33.5 Å². The van der Waals surface area contributed by atoms with E-state index in [0.29, 0.717) is 28.0 Å². The Balaban J connectivity index is 1.68. The molecule has 2 aromatic carbocycles. The molecule has 0 saturated carbocycles. The van der Waals surface area contributed by atoms with Gasteiger partial charge in [-0.2, -0.15) is 0 Å². The summed E-state index contributed by atoms with van der Waals surface area (Å²) in [7, 11) is 3.19. The summed E-state index contributed by atoms with van der Waals surface area (Å²) in [5, 5.41) is 7.56. The summed E-state index contributed by atoms with van der Waals surface area (Å²) in [5.41, 5.74) is 1.42. The topological polar surface area (TPSA) is 77.1 Å². The third-order valence-electron chi connectivity index (χ3n) is 3.63. The van der Waals surface area contributed by atoms with Crippen molar-refractivity contribution in [2.24, 2.45) is 0 Å². The standard InChI is InChI=1S/C18H16BrN3O3S/c1-24-15-6-4-3-5-12(15)17-20-18(22-21-17)26-10-14(23)11-7-8-16(25-2)13(19)9-11/h3-9H,10H2,1-2H3,(H,20,21,22). The molecule has 0 radical (unpaired) electrons. The number of nitrogens with one attached hydrogen (secondary N) is 1. The Labute approximate surface area is 163 Å². The minimum absolute atomic E-state index is 0.0120. The fourth-order valence-corrected chi connectivity index (χ4v) is 3.56. The first-order valence-corrected chi connectivity index (χ1v) is 9.45. The number of aromatic nitrogens is 3. The van der Waals surface area contributed by atoms with Crippen LogP contribution >= 0.6 is 27.7 Å². The summed E-state index contributed by atoms with van der Waals surface area (Å²) < 4.78 is 11.2. The van der Waals surface area contributed by atoms with Gasteiger partial charge in [0.25, 0.3) is 0 Å². The molecule has 8 heteroatoms. The molecule has 0 atom stereocenters. The van der Waals surface area contributed by atoms with Crippen molar-refractivity contribution in [3.8, 4) is 22.9 Å². The number of halogens is 1. The molecule has 0 amide bonds. The van der Waals surface area contributed by atoms with Gasteiger partial charge in [0.2, 0.25) is 5.16 Å². The lowest BCUT2D eigenvalue weighted by Crippen LogP contribution is -2.03. The lowest BCUT2D eigenvalue weighted by atomic mass is 10.1. The summed E-state index contributed by atoms with van der Waals surface area (Å²) in [4.78, 5) is 16.8. The van der Waals surface area contributed by atoms with Gasteiger partial charge in [0.1, 0.15) is 11.5 Å². The molecule has 0 spiro atoms. The lowest BCUT2D eigenvalue weighted by molar-refractivity contribution is 0.102. The highest BCUT2D eigenvalue weighted by Crippen LogP contribution is 2.29. The van der Waals surface area contributed by atoms with Gasteiger partial charge in [0.15, 0.2) is 11.6 Å². The van der Waals surface area contributed by atoms with E-state index in [-0.39, 0.29) is 11.5 Å². The van der Waals surface area contributed by atoms with Gasteiger partial charge in [0.05, 0.1) is 30.0 Å². The first-order chi connectivity index (χ1) is 12.6. The predicted octanol–water partition coefficient (Wildman–Crippen LogP) is 4.23. The first-order valence-electron chi connectivity index (χ1n) is 7.67. The number of methoxy groups -OCH3 is 2. The summed E-state index contributed by atoms with van der Waals surface area (Å²) in [6.45, 7) is 0. The molecule has 134 valence electrons. The number of Topliss-reactive ketones (excluding diaryl/α,β-unsaturated/α-hetero) is 1. The van der Waals surface area contributed by atoms with E-state index >= 15 is 0 Å². The highest BCUT2D eigenvalue weighted by Gasteiger charge is 2.14. The molecule has 0 aliphatic heterocycles. The van der Waals surface area contributed by atoms with Crippen LogP contribution in [0.4, 0.5) is 0 Å². The van der Waals surface area contributed by atoms with Crippen molar-refractivity contribution in [1.82, 2.24) is 15.2 Å². The number of H-pyrrole nitrogens is 1. The van der Waals surface area contributed by atoms with Crippen molar-refractivity contribution in [3.63, 3.8) is 0 Å². The van der Waals surface area contributed by atoms with Crippen LogP contribution in [0.3, 0.4) is 0 Å². The van der Waals surface area contributed by atoms with Crippen molar-refractivity contribution in [2.75, 3.05) is 20.0 Å². The second-order valence-electron chi connectivity index (χ2n) is 5.23. The van der Waals surface area contributed by atoms with Crippen LogP contribution < -0.4 is 9.47 Å². The molecule has 0 unspecified atom stereocenters. The maximum atomic E-state index is 12.4. The Hall–Kier alpha value is -2.32. The van der Waals surface area contributed by atoms with Gasteiger partial charge in [-0.15, -0.1) is 5.10 Å². The number of hydrogen-bond acceptors (Lipinski definition) is 6. The van der Waals surface area contributed by atoms with Crippen LogP contribution in [0, 0.1) is 0 Å². The molecule has 0 saturated heterocycles. The normalized spacial score (nSPS) is 10.6. The predicted molar refractivity (Wildman–Crippen MR) is 104 cm³/mol. The molecule has 1 heterocycles. The third-order valence-corrected chi connectivity index (χ3v) is 5.10. The Kier molecular flexibility index (Phi) is 5.95. The molecule has 0 bridgehead atoms. The molecule has 1 N–H and O–H groups in total. The average molecular weight is 434 g/mol. The zero-order chi connectivity index (χ0) is 18.5. The SMILES string of the molecule is COc1ccc(C(=O)CSc2n[nH]c(-c3ccccc3OC)n2)cc1Br. The summed E-state index contributed by atoms with van der Waals surface area (Å²) in [6.07, 6.45) is 0. The van der Waals surface area contributed by atoms with Crippen LogP contribution in [-0.4, -0.2) is 40.9 Å². The third kappa shape index (κ3) is 4.08. The molecule has 0 fully saturated rings. The number of thioether (sulfide) groups is 1. The number of benzene rings is 2. The van der Waals surface area contributed by atoms with Crippen molar-refractivity contribution < 1.29 is 14.3 Å². The second-order valence-corrected chi connectivity index (χ2v) is 7.02. The largest absolute Gasteiger partial charge is 0.496 e. The Morgan fingerprint density at radius 1 is 1.15 bits per heavy atom. The highest BCUT2D eigenvalue weighted by molar-refractivity contribution is 9.10. The van der Waals surface area contributed by atoms with Gasteiger partial charge in [-0.3, -0.25) is 9.89 Å². The number of aromatic amines is 1. The number of ether oxygens (including phenoxy) is 2. The molecular weight excluding hydrogens is 418 g/mol. The van der Waals surface area contributed by atoms with Gasteiger partial charge >= 0.3 is 0 Å². The summed E-state index contributed by atoms with van der Waals surface area (Å²) >= 11 is 4.67. The minimum atomic E-state index is -0.0120. The fraction of sp³-hybridized carbons (Fsp3) is 0.167.